The smallest absolute Gasteiger partial charge is 0.346 e. The summed E-state index contributed by atoms with van der Waals surface area (Å²) in [5.41, 5.74) is 1.90. The third kappa shape index (κ3) is 5.66. The van der Waals surface area contributed by atoms with E-state index in [1.54, 1.807) is 7.11 Å². The Morgan fingerprint density at radius 1 is 1.07 bits per heavy atom. The van der Waals surface area contributed by atoms with Crippen LogP contribution in [0.4, 0.5) is 0 Å². The molecule has 0 saturated carbocycles. The van der Waals surface area contributed by atoms with Gasteiger partial charge in [0.2, 0.25) is 0 Å². The number of benzene rings is 2. The molecule has 28 heavy (non-hydrogen) atoms. The predicted molar refractivity (Wildman–Crippen MR) is 108 cm³/mol. The lowest BCUT2D eigenvalue weighted by Crippen LogP contribution is -2.18. The first-order valence-corrected chi connectivity index (χ1v) is 8.79. The molecule has 0 radical (unpaired) electrons. The molecule has 1 heterocycles. The van der Waals surface area contributed by atoms with Crippen LogP contribution in [0.5, 0.6) is 17.5 Å². The number of rotatable bonds is 10. The minimum Gasteiger partial charge on any atom is -0.490 e. The quantitative estimate of drug-likeness (QED) is 0.519. The number of ether oxygens (including phenoxy) is 3. The van der Waals surface area contributed by atoms with Gasteiger partial charge in [-0.15, -0.1) is 12.4 Å². The van der Waals surface area contributed by atoms with Gasteiger partial charge in [-0.2, -0.15) is 4.68 Å². The Hall–Kier alpha value is -2.68. The van der Waals surface area contributed by atoms with Crippen molar-refractivity contribution in [1.82, 2.24) is 25.5 Å². The molecule has 0 spiro atoms. The van der Waals surface area contributed by atoms with Crippen LogP contribution in [0.25, 0.3) is 5.69 Å². The molecule has 0 fully saturated rings. The number of aromatic nitrogens is 4. The first-order chi connectivity index (χ1) is 13.3. The second-order valence-electron chi connectivity index (χ2n) is 5.69. The van der Waals surface area contributed by atoms with Crippen molar-refractivity contribution >= 4 is 12.4 Å². The van der Waals surface area contributed by atoms with E-state index in [1.165, 1.54) is 4.68 Å². The highest BCUT2D eigenvalue weighted by Gasteiger charge is 2.14. The lowest BCUT2D eigenvalue weighted by Gasteiger charge is -2.13. The van der Waals surface area contributed by atoms with Gasteiger partial charge in [0, 0.05) is 20.2 Å². The van der Waals surface area contributed by atoms with Gasteiger partial charge >= 0.3 is 6.01 Å². The average Bonchev–Trinajstić information content (AvgIpc) is 3.16. The fraction of sp³-hybridized carbons (Fsp3) is 0.316. The van der Waals surface area contributed by atoms with Gasteiger partial charge in [0.05, 0.1) is 18.9 Å². The zero-order chi connectivity index (χ0) is 18.9. The molecule has 9 heteroatoms. The molecule has 0 atom stereocenters. The standard InChI is InChI=1S/C19H23N5O3.ClH/c1-3-26-18-13-15(14-20-11-12-25-2)9-10-17(18)27-19-21-22-23-24(19)16-7-5-4-6-8-16;/h4-10,13,20H,3,11-12,14H2,1-2H3;1H. The average molecular weight is 406 g/mol. The summed E-state index contributed by atoms with van der Waals surface area (Å²) in [7, 11) is 1.68. The Morgan fingerprint density at radius 3 is 2.64 bits per heavy atom. The molecule has 1 N–H and O–H groups in total. The summed E-state index contributed by atoms with van der Waals surface area (Å²) >= 11 is 0. The summed E-state index contributed by atoms with van der Waals surface area (Å²) < 4.78 is 18.3. The van der Waals surface area contributed by atoms with Crippen LogP contribution in [0, 0.1) is 0 Å². The zero-order valence-electron chi connectivity index (χ0n) is 15.9. The number of nitrogens with one attached hydrogen (secondary N) is 1. The largest absolute Gasteiger partial charge is 0.490 e. The maximum atomic E-state index is 5.95. The number of hydrogen-bond donors (Lipinski definition) is 1. The molecule has 0 aliphatic carbocycles. The molecule has 3 rings (SSSR count). The van der Waals surface area contributed by atoms with E-state index in [-0.39, 0.29) is 18.4 Å². The highest BCUT2D eigenvalue weighted by molar-refractivity contribution is 5.85. The molecule has 0 amide bonds. The normalized spacial score (nSPS) is 10.4. The van der Waals surface area contributed by atoms with Crippen LogP contribution in [0.1, 0.15) is 12.5 Å². The molecular formula is C19H24ClN5O3. The monoisotopic (exact) mass is 405 g/mol. The minimum atomic E-state index is 0. The summed E-state index contributed by atoms with van der Waals surface area (Å²) in [6, 6.07) is 15.6. The highest BCUT2D eigenvalue weighted by atomic mass is 35.5. The van der Waals surface area contributed by atoms with Gasteiger partial charge in [-0.1, -0.05) is 29.4 Å². The van der Waals surface area contributed by atoms with E-state index in [2.05, 4.69) is 20.8 Å². The van der Waals surface area contributed by atoms with E-state index in [4.69, 9.17) is 14.2 Å². The second kappa shape index (κ2) is 11.2. The number of para-hydroxylation sites is 1. The Kier molecular flexibility index (Phi) is 8.67. The van der Waals surface area contributed by atoms with Crippen LogP contribution in [-0.4, -0.2) is 47.1 Å². The molecule has 8 nitrogen and oxygen atoms in total. The third-order valence-corrected chi connectivity index (χ3v) is 3.76. The van der Waals surface area contributed by atoms with Crippen molar-refractivity contribution in [3.63, 3.8) is 0 Å². The Morgan fingerprint density at radius 2 is 1.89 bits per heavy atom. The summed E-state index contributed by atoms with van der Waals surface area (Å²) in [5, 5.41) is 15.0. The SMILES string of the molecule is CCOc1cc(CNCCOC)ccc1Oc1nnnn1-c1ccccc1.Cl. The fourth-order valence-electron chi connectivity index (χ4n) is 2.49. The van der Waals surface area contributed by atoms with E-state index in [1.807, 2.05) is 55.5 Å². The van der Waals surface area contributed by atoms with Crippen molar-refractivity contribution in [2.24, 2.45) is 0 Å². The summed E-state index contributed by atoms with van der Waals surface area (Å²) in [6.07, 6.45) is 0. The molecule has 0 bridgehead atoms. The highest BCUT2D eigenvalue weighted by Crippen LogP contribution is 2.32. The molecule has 0 unspecified atom stereocenters. The summed E-state index contributed by atoms with van der Waals surface area (Å²) in [4.78, 5) is 0. The third-order valence-electron chi connectivity index (χ3n) is 3.76. The Balaban J connectivity index is 0.00000280. The second-order valence-corrected chi connectivity index (χ2v) is 5.69. The molecular weight excluding hydrogens is 382 g/mol. The first-order valence-electron chi connectivity index (χ1n) is 8.79. The van der Waals surface area contributed by atoms with Crippen molar-refractivity contribution in [1.29, 1.82) is 0 Å². The molecule has 0 saturated heterocycles. The van der Waals surface area contributed by atoms with Gasteiger partial charge in [-0.05, 0) is 47.2 Å². The molecule has 150 valence electrons. The molecule has 1 aromatic heterocycles. The van der Waals surface area contributed by atoms with Crippen molar-refractivity contribution < 1.29 is 14.2 Å². The summed E-state index contributed by atoms with van der Waals surface area (Å²) in [5.74, 6) is 1.20. The first kappa shape index (κ1) is 21.6. The number of nitrogens with zero attached hydrogens (tertiary/aromatic N) is 4. The van der Waals surface area contributed by atoms with E-state index in [0.717, 1.165) is 17.8 Å². The number of tetrazole rings is 1. The molecule has 0 aliphatic rings. The van der Waals surface area contributed by atoms with E-state index < -0.39 is 0 Å². The molecule has 3 aromatic rings. The zero-order valence-corrected chi connectivity index (χ0v) is 16.7. The molecule has 0 aliphatic heterocycles. The van der Waals surface area contributed by atoms with Crippen LogP contribution in [0.15, 0.2) is 48.5 Å². The van der Waals surface area contributed by atoms with Crippen molar-refractivity contribution in [2.75, 3.05) is 26.9 Å². The maximum Gasteiger partial charge on any atom is 0.346 e. The van der Waals surface area contributed by atoms with Gasteiger partial charge in [0.1, 0.15) is 0 Å². The van der Waals surface area contributed by atoms with Crippen LogP contribution < -0.4 is 14.8 Å². The Bertz CT molecular complexity index is 845. The minimum absolute atomic E-state index is 0. The van der Waals surface area contributed by atoms with Gasteiger partial charge < -0.3 is 19.5 Å². The number of methoxy groups -OCH3 is 1. The van der Waals surface area contributed by atoms with Gasteiger partial charge in [-0.25, -0.2) is 0 Å². The Labute approximate surface area is 170 Å². The van der Waals surface area contributed by atoms with Gasteiger partial charge in [0.15, 0.2) is 11.5 Å². The number of halogens is 1. The van der Waals surface area contributed by atoms with Crippen LogP contribution in [0.3, 0.4) is 0 Å². The predicted octanol–water partition coefficient (Wildman–Crippen LogP) is 3.01. The van der Waals surface area contributed by atoms with Gasteiger partial charge in [0.25, 0.3) is 0 Å². The molecule has 2 aromatic carbocycles. The van der Waals surface area contributed by atoms with E-state index in [0.29, 0.717) is 31.3 Å². The number of hydrogen-bond acceptors (Lipinski definition) is 7. The fourth-order valence-corrected chi connectivity index (χ4v) is 2.49. The van der Waals surface area contributed by atoms with Crippen molar-refractivity contribution in [3.05, 3.63) is 54.1 Å². The van der Waals surface area contributed by atoms with Crippen molar-refractivity contribution in [2.45, 2.75) is 13.5 Å². The lowest BCUT2D eigenvalue weighted by atomic mass is 10.2. The van der Waals surface area contributed by atoms with Gasteiger partial charge in [-0.3, -0.25) is 0 Å². The van der Waals surface area contributed by atoms with Crippen LogP contribution in [0.2, 0.25) is 0 Å². The van der Waals surface area contributed by atoms with E-state index in [9.17, 15) is 0 Å². The van der Waals surface area contributed by atoms with Crippen molar-refractivity contribution in [3.8, 4) is 23.2 Å². The topological polar surface area (TPSA) is 83.3 Å². The lowest BCUT2D eigenvalue weighted by molar-refractivity contribution is 0.199. The van der Waals surface area contributed by atoms with Crippen LogP contribution in [-0.2, 0) is 11.3 Å². The summed E-state index contributed by atoms with van der Waals surface area (Å²) in [6.45, 7) is 4.62. The maximum absolute atomic E-state index is 5.95. The van der Waals surface area contributed by atoms with E-state index >= 15 is 0 Å². The van der Waals surface area contributed by atoms with Crippen LogP contribution >= 0.6 is 12.4 Å².